The molecule has 174 valence electrons. The van der Waals surface area contributed by atoms with Gasteiger partial charge in [-0.15, -0.1) is 0 Å². The van der Waals surface area contributed by atoms with Gasteiger partial charge in [-0.3, -0.25) is 14.8 Å². The van der Waals surface area contributed by atoms with E-state index in [4.69, 9.17) is 14.7 Å². The molecule has 1 heterocycles. The maximum Gasteiger partial charge on any atom is 0.274 e. The molecule has 0 bridgehead atoms. The number of fused-ring (bicyclic) bond motifs is 1. The van der Waals surface area contributed by atoms with Crippen molar-refractivity contribution in [1.82, 2.24) is 10.4 Å². The van der Waals surface area contributed by atoms with E-state index in [0.29, 0.717) is 47.7 Å². The van der Waals surface area contributed by atoms with Crippen LogP contribution in [0.1, 0.15) is 32.6 Å². The predicted molar refractivity (Wildman–Crippen MR) is 129 cm³/mol. The van der Waals surface area contributed by atoms with Crippen molar-refractivity contribution in [2.24, 2.45) is 0 Å². The molecule has 4 rings (SSSR count). The van der Waals surface area contributed by atoms with Crippen LogP contribution in [0.4, 0.5) is 0 Å². The minimum Gasteiger partial charge on any atom is -0.493 e. The average molecular weight is 459 g/mol. The first-order valence-corrected chi connectivity index (χ1v) is 10.9. The number of hydroxylamine groups is 1. The van der Waals surface area contributed by atoms with Crippen LogP contribution in [-0.4, -0.2) is 42.7 Å². The molecule has 3 aromatic carbocycles. The van der Waals surface area contributed by atoms with Crippen molar-refractivity contribution in [2.45, 2.75) is 13.0 Å². The second-order valence-corrected chi connectivity index (χ2v) is 7.94. The summed E-state index contributed by atoms with van der Waals surface area (Å²) in [6.07, 6.45) is 2.54. The second-order valence-electron chi connectivity index (χ2n) is 7.94. The lowest BCUT2D eigenvalue weighted by molar-refractivity contribution is -0.125. The molecule has 0 radical (unpaired) electrons. The lowest BCUT2D eigenvalue weighted by Gasteiger charge is -2.30. The van der Waals surface area contributed by atoms with Gasteiger partial charge >= 0.3 is 0 Å². The molecule has 7 heteroatoms. The van der Waals surface area contributed by atoms with Gasteiger partial charge in [-0.05, 0) is 59.0 Å². The Morgan fingerprint density at radius 3 is 2.35 bits per heavy atom. The van der Waals surface area contributed by atoms with Gasteiger partial charge < -0.3 is 14.4 Å². The van der Waals surface area contributed by atoms with Crippen molar-refractivity contribution in [3.05, 3.63) is 94.5 Å². The topological polar surface area (TPSA) is 88.1 Å². The molecule has 0 aliphatic carbocycles. The average Bonchev–Trinajstić information content (AvgIpc) is 2.90. The van der Waals surface area contributed by atoms with Crippen LogP contribution in [0.5, 0.6) is 11.5 Å². The first kappa shape index (κ1) is 23.1. The van der Waals surface area contributed by atoms with Gasteiger partial charge in [0.1, 0.15) is 0 Å². The first-order valence-electron chi connectivity index (χ1n) is 10.9. The van der Waals surface area contributed by atoms with Gasteiger partial charge in [0.15, 0.2) is 11.5 Å². The van der Waals surface area contributed by atoms with Crippen LogP contribution in [0.2, 0.25) is 0 Å². The standard InChI is InChI=1S/C27H26N2O5/c1-33-24-11-10-20(16-25(24)34-2)23(14-18-6-4-3-5-7-18)27(31)29-13-12-19-8-9-21(26(30)28-32)15-22(19)17-29/h3-11,14-16,32H,12-13,17H2,1-2H3,(H,28,30)/b23-14-. The number of hydrogen-bond donors (Lipinski definition) is 2. The van der Waals surface area contributed by atoms with Crippen LogP contribution in [-0.2, 0) is 17.8 Å². The Kier molecular flexibility index (Phi) is 6.94. The van der Waals surface area contributed by atoms with E-state index in [0.717, 1.165) is 16.7 Å². The zero-order valence-corrected chi connectivity index (χ0v) is 19.1. The van der Waals surface area contributed by atoms with E-state index in [9.17, 15) is 9.59 Å². The highest BCUT2D eigenvalue weighted by molar-refractivity contribution is 6.24. The fourth-order valence-corrected chi connectivity index (χ4v) is 4.09. The number of rotatable bonds is 6. The highest BCUT2D eigenvalue weighted by atomic mass is 16.5. The quantitative estimate of drug-likeness (QED) is 0.253. The molecule has 7 nitrogen and oxygen atoms in total. The highest BCUT2D eigenvalue weighted by Gasteiger charge is 2.25. The summed E-state index contributed by atoms with van der Waals surface area (Å²) in [4.78, 5) is 27.4. The Morgan fingerprint density at radius 2 is 1.65 bits per heavy atom. The summed E-state index contributed by atoms with van der Waals surface area (Å²) in [6.45, 7) is 0.914. The summed E-state index contributed by atoms with van der Waals surface area (Å²) < 4.78 is 10.8. The molecule has 0 fully saturated rings. The lowest BCUT2D eigenvalue weighted by atomic mass is 9.95. The van der Waals surface area contributed by atoms with Gasteiger partial charge in [-0.2, -0.15) is 0 Å². The van der Waals surface area contributed by atoms with Crippen molar-refractivity contribution in [3.63, 3.8) is 0 Å². The van der Waals surface area contributed by atoms with E-state index >= 15 is 0 Å². The van der Waals surface area contributed by atoms with E-state index < -0.39 is 5.91 Å². The molecule has 0 spiro atoms. The summed E-state index contributed by atoms with van der Waals surface area (Å²) in [5.41, 5.74) is 6.11. The molecule has 2 amide bonds. The smallest absolute Gasteiger partial charge is 0.274 e. The van der Waals surface area contributed by atoms with Gasteiger partial charge in [-0.1, -0.05) is 42.5 Å². The molecular weight excluding hydrogens is 432 g/mol. The molecule has 0 saturated heterocycles. The van der Waals surface area contributed by atoms with Crippen LogP contribution in [0, 0.1) is 0 Å². The van der Waals surface area contributed by atoms with Gasteiger partial charge in [0.25, 0.3) is 11.8 Å². The number of nitrogens with zero attached hydrogens (tertiary/aromatic N) is 1. The number of benzene rings is 3. The van der Waals surface area contributed by atoms with Gasteiger partial charge in [0, 0.05) is 24.2 Å². The second kappa shape index (κ2) is 10.2. The number of hydrogen-bond acceptors (Lipinski definition) is 5. The summed E-state index contributed by atoms with van der Waals surface area (Å²) >= 11 is 0. The molecule has 1 aliphatic rings. The zero-order chi connectivity index (χ0) is 24.1. The molecule has 0 unspecified atom stereocenters. The first-order chi connectivity index (χ1) is 16.5. The molecule has 1 aliphatic heterocycles. The molecule has 0 aromatic heterocycles. The van der Waals surface area contributed by atoms with Gasteiger partial charge in [0.05, 0.1) is 14.2 Å². The molecule has 3 aromatic rings. The summed E-state index contributed by atoms with van der Waals surface area (Å²) in [5, 5.41) is 8.96. The van der Waals surface area contributed by atoms with E-state index in [1.54, 1.807) is 48.9 Å². The number of ether oxygens (including phenoxy) is 2. The summed E-state index contributed by atoms with van der Waals surface area (Å²) in [6, 6.07) is 20.4. The molecular formula is C27H26N2O5. The largest absolute Gasteiger partial charge is 0.493 e. The van der Waals surface area contributed by atoms with Crippen molar-refractivity contribution in [3.8, 4) is 11.5 Å². The van der Waals surface area contributed by atoms with Crippen molar-refractivity contribution < 1.29 is 24.3 Å². The van der Waals surface area contributed by atoms with E-state index in [1.807, 2.05) is 48.5 Å². The third-order valence-corrected chi connectivity index (χ3v) is 5.91. The van der Waals surface area contributed by atoms with Crippen LogP contribution in [0.25, 0.3) is 11.6 Å². The van der Waals surface area contributed by atoms with Crippen LogP contribution >= 0.6 is 0 Å². The maximum atomic E-state index is 13.8. The van der Waals surface area contributed by atoms with Crippen molar-refractivity contribution >= 4 is 23.5 Å². The summed E-state index contributed by atoms with van der Waals surface area (Å²) in [7, 11) is 3.13. The Morgan fingerprint density at radius 1 is 0.912 bits per heavy atom. The Hall–Kier alpha value is -4.10. The number of methoxy groups -OCH3 is 2. The highest BCUT2D eigenvalue weighted by Crippen LogP contribution is 2.33. The third-order valence-electron chi connectivity index (χ3n) is 5.91. The monoisotopic (exact) mass is 458 g/mol. The van der Waals surface area contributed by atoms with Gasteiger partial charge in [-0.25, -0.2) is 5.48 Å². The third kappa shape index (κ3) is 4.79. The Balaban J connectivity index is 1.71. The lowest BCUT2D eigenvalue weighted by Crippen LogP contribution is -2.36. The minimum absolute atomic E-state index is 0.126. The van der Waals surface area contributed by atoms with Gasteiger partial charge in [0.2, 0.25) is 0 Å². The molecule has 34 heavy (non-hydrogen) atoms. The zero-order valence-electron chi connectivity index (χ0n) is 19.1. The minimum atomic E-state index is -0.582. The predicted octanol–water partition coefficient (Wildman–Crippen LogP) is 3.95. The van der Waals surface area contributed by atoms with Crippen molar-refractivity contribution in [1.29, 1.82) is 0 Å². The molecule has 0 atom stereocenters. The Bertz CT molecular complexity index is 1240. The molecule has 0 saturated carbocycles. The number of amides is 2. The van der Waals surface area contributed by atoms with Crippen molar-refractivity contribution in [2.75, 3.05) is 20.8 Å². The normalized spacial score (nSPS) is 13.1. The van der Waals surface area contributed by atoms with E-state index in [-0.39, 0.29) is 5.91 Å². The number of carbonyl (C=O) groups is 2. The Labute approximate surface area is 198 Å². The SMILES string of the molecule is COc1ccc(/C(=C/c2ccccc2)C(=O)N2CCc3ccc(C(=O)NO)cc3C2)cc1OC. The van der Waals surface area contributed by atoms with Crippen LogP contribution in [0.15, 0.2) is 66.7 Å². The van der Waals surface area contributed by atoms with Crippen LogP contribution in [0.3, 0.4) is 0 Å². The maximum absolute atomic E-state index is 13.8. The molecule has 2 N–H and O–H groups in total. The van der Waals surface area contributed by atoms with E-state index in [2.05, 4.69) is 0 Å². The number of nitrogens with one attached hydrogen (secondary N) is 1. The fourth-order valence-electron chi connectivity index (χ4n) is 4.09. The fraction of sp³-hybridized carbons (Fsp3) is 0.185. The van der Waals surface area contributed by atoms with Crippen LogP contribution < -0.4 is 15.0 Å². The van der Waals surface area contributed by atoms with E-state index in [1.165, 1.54) is 0 Å². The summed E-state index contributed by atoms with van der Waals surface area (Å²) in [5.74, 6) is 0.412. The number of carbonyl (C=O) groups excluding carboxylic acids is 2.